The number of benzene rings is 2. The molecule has 0 saturated heterocycles. The first kappa shape index (κ1) is 14.3. The Balaban J connectivity index is 1.96. The Bertz CT molecular complexity index is 885. The number of fused-ring (bicyclic) bond motifs is 1. The number of aromatic nitrogens is 1. The van der Waals surface area contributed by atoms with Crippen LogP contribution in [-0.4, -0.2) is 16.1 Å². The molecule has 110 valence electrons. The second-order valence-corrected chi connectivity index (χ2v) is 5.46. The zero-order chi connectivity index (χ0) is 15.7. The molecule has 6 nitrogen and oxygen atoms in total. The number of azo groups is 1. The number of carbonyl (C=O) groups is 1. The number of hydrogen-bond acceptors (Lipinski definition) is 5. The topological polar surface area (TPSA) is 101 Å². The summed E-state index contributed by atoms with van der Waals surface area (Å²) in [6, 6.07) is 11.3. The van der Waals surface area contributed by atoms with E-state index in [9.17, 15) is 15.0 Å². The number of rotatable bonds is 3. The monoisotopic (exact) mass is 358 g/mol. The van der Waals surface area contributed by atoms with E-state index < -0.39 is 5.97 Å². The highest BCUT2D eigenvalue weighted by molar-refractivity contribution is 9.10. The maximum absolute atomic E-state index is 10.7. The molecule has 0 fully saturated rings. The van der Waals surface area contributed by atoms with Crippen LogP contribution in [0.5, 0.6) is 5.88 Å². The molecule has 7 heteroatoms. The van der Waals surface area contributed by atoms with E-state index in [1.165, 1.54) is 24.3 Å². The molecule has 0 aliphatic rings. The summed E-state index contributed by atoms with van der Waals surface area (Å²) in [6.07, 6.45) is 0. The fourth-order valence-electron chi connectivity index (χ4n) is 2.01. The smallest absolute Gasteiger partial charge is 0.218 e. The second-order valence-electron chi connectivity index (χ2n) is 4.55. The highest BCUT2D eigenvalue weighted by Gasteiger charge is 2.10. The largest absolute Gasteiger partial charge is 0.545 e. The number of H-pyrrole nitrogens is 1. The summed E-state index contributed by atoms with van der Waals surface area (Å²) in [7, 11) is 0. The van der Waals surface area contributed by atoms with Crippen LogP contribution in [0.4, 0.5) is 11.4 Å². The van der Waals surface area contributed by atoms with Gasteiger partial charge in [0.15, 0.2) is 5.69 Å². The lowest BCUT2D eigenvalue weighted by molar-refractivity contribution is -0.255. The molecule has 22 heavy (non-hydrogen) atoms. The molecule has 1 heterocycles. The summed E-state index contributed by atoms with van der Waals surface area (Å²) in [5, 5.41) is 29.4. The fourth-order valence-corrected chi connectivity index (χ4v) is 2.37. The predicted molar refractivity (Wildman–Crippen MR) is 82.6 cm³/mol. The number of nitrogens with zero attached hydrogens (tertiary/aromatic N) is 2. The van der Waals surface area contributed by atoms with E-state index in [1.54, 1.807) is 0 Å². The van der Waals surface area contributed by atoms with Gasteiger partial charge < -0.3 is 20.0 Å². The lowest BCUT2D eigenvalue weighted by Gasteiger charge is -2.00. The number of carboxylic acid groups (broad SMARTS) is 1. The Morgan fingerprint density at radius 3 is 2.55 bits per heavy atom. The zero-order valence-corrected chi connectivity index (χ0v) is 12.7. The molecular weight excluding hydrogens is 350 g/mol. The highest BCUT2D eigenvalue weighted by atomic mass is 79.9. The van der Waals surface area contributed by atoms with E-state index in [0.29, 0.717) is 11.4 Å². The van der Waals surface area contributed by atoms with Crippen molar-refractivity contribution in [3.63, 3.8) is 0 Å². The van der Waals surface area contributed by atoms with Crippen LogP contribution in [0.2, 0.25) is 0 Å². The number of aromatic amines is 1. The van der Waals surface area contributed by atoms with Gasteiger partial charge in [-0.2, -0.15) is 5.11 Å². The first-order valence-corrected chi connectivity index (χ1v) is 7.07. The third kappa shape index (κ3) is 2.71. The maximum atomic E-state index is 10.7. The summed E-state index contributed by atoms with van der Waals surface area (Å²) in [5.74, 6) is -1.33. The van der Waals surface area contributed by atoms with Crippen LogP contribution in [0.15, 0.2) is 57.2 Å². The molecular formula is C15H9BrN3O3-. The molecule has 0 unspecified atom stereocenters. The molecule has 0 aliphatic heterocycles. The summed E-state index contributed by atoms with van der Waals surface area (Å²) in [6.45, 7) is 0. The number of carboxylic acids is 1. The molecule has 2 aromatic carbocycles. The van der Waals surface area contributed by atoms with Crippen LogP contribution < -0.4 is 5.11 Å². The van der Waals surface area contributed by atoms with Gasteiger partial charge in [-0.15, -0.1) is 5.11 Å². The summed E-state index contributed by atoms with van der Waals surface area (Å²) in [5.41, 5.74) is 1.59. The Labute approximate surface area is 133 Å². The van der Waals surface area contributed by atoms with Crippen LogP contribution >= 0.6 is 15.9 Å². The zero-order valence-electron chi connectivity index (χ0n) is 11.1. The van der Waals surface area contributed by atoms with E-state index >= 15 is 0 Å². The van der Waals surface area contributed by atoms with Crippen molar-refractivity contribution in [1.29, 1.82) is 0 Å². The normalized spacial score (nSPS) is 11.3. The quantitative estimate of drug-likeness (QED) is 0.701. The van der Waals surface area contributed by atoms with Crippen molar-refractivity contribution in [2.75, 3.05) is 0 Å². The van der Waals surface area contributed by atoms with E-state index in [1.807, 2.05) is 18.2 Å². The molecule has 0 radical (unpaired) electrons. The number of aromatic carboxylic acids is 1. The fraction of sp³-hybridized carbons (Fsp3) is 0. The summed E-state index contributed by atoms with van der Waals surface area (Å²) >= 11 is 3.36. The lowest BCUT2D eigenvalue weighted by atomic mass is 10.2. The van der Waals surface area contributed by atoms with Crippen molar-refractivity contribution in [3.05, 3.63) is 52.5 Å². The third-order valence-corrected chi connectivity index (χ3v) is 3.58. The van der Waals surface area contributed by atoms with Gasteiger partial charge in [-0.1, -0.05) is 28.1 Å². The SMILES string of the molecule is O=C([O-])c1ccc(N=Nc2c(O)[nH]c3ccc(Br)cc23)cc1. The minimum atomic E-state index is -1.25. The van der Waals surface area contributed by atoms with Gasteiger partial charge in [-0.05, 0) is 35.9 Å². The van der Waals surface area contributed by atoms with E-state index in [-0.39, 0.29) is 11.4 Å². The van der Waals surface area contributed by atoms with Gasteiger partial charge >= 0.3 is 0 Å². The average Bonchev–Trinajstić information content (AvgIpc) is 2.80. The van der Waals surface area contributed by atoms with Gasteiger partial charge in [0, 0.05) is 9.86 Å². The molecule has 2 N–H and O–H groups in total. The van der Waals surface area contributed by atoms with Gasteiger partial charge in [-0.3, -0.25) is 0 Å². The standard InChI is InChI=1S/C15H10BrN3O3/c16-9-3-6-12-11(7-9)13(14(20)17-12)19-18-10-4-1-8(2-5-10)15(21)22/h1-7,17,20H,(H,21,22)/p-1. The van der Waals surface area contributed by atoms with Gasteiger partial charge in [0.2, 0.25) is 5.88 Å². The first-order chi connectivity index (χ1) is 10.5. The van der Waals surface area contributed by atoms with Crippen LogP contribution in [-0.2, 0) is 0 Å². The Morgan fingerprint density at radius 2 is 1.86 bits per heavy atom. The maximum Gasteiger partial charge on any atom is 0.218 e. The van der Waals surface area contributed by atoms with Gasteiger partial charge in [0.1, 0.15) is 0 Å². The number of nitrogens with one attached hydrogen (secondary N) is 1. The molecule has 0 spiro atoms. The van der Waals surface area contributed by atoms with Crippen LogP contribution in [0, 0.1) is 0 Å². The lowest BCUT2D eigenvalue weighted by Crippen LogP contribution is -2.21. The Morgan fingerprint density at radius 1 is 1.14 bits per heavy atom. The summed E-state index contributed by atoms with van der Waals surface area (Å²) in [4.78, 5) is 13.5. The Kier molecular flexibility index (Phi) is 3.64. The molecule has 0 saturated carbocycles. The van der Waals surface area contributed by atoms with Crippen molar-refractivity contribution in [1.82, 2.24) is 4.98 Å². The minimum absolute atomic E-state index is 0.0674. The number of carbonyl (C=O) groups excluding carboxylic acids is 1. The van der Waals surface area contributed by atoms with Gasteiger partial charge in [0.25, 0.3) is 0 Å². The van der Waals surface area contributed by atoms with Gasteiger partial charge in [-0.25, -0.2) is 0 Å². The van der Waals surface area contributed by atoms with Crippen molar-refractivity contribution in [3.8, 4) is 5.88 Å². The second kappa shape index (κ2) is 5.61. The number of halogens is 1. The first-order valence-electron chi connectivity index (χ1n) is 6.28. The number of hydrogen-bond donors (Lipinski definition) is 2. The molecule has 1 aromatic heterocycles. The highest BCUT2D eigenvalue weighted by Crippen LogP contribution is 2.37. The van der Waals surface area contributed by atoms with E-state index in [0.717, 1.165) is 15.4 Å². The molecule has 0 bridgehead atoms. The van der Waals surface area contributed by atoms with Crippen molar-refractivity contribution in [2.45, 2.75) is 0 Å². The third-order valence-electron chi connectivity index (χ3n) is 3.08. The van der Waals surface area contributed by atoms with Crippen LogP contribution in [0.1, 0.15) is 10.4 Å². The number of aromatic hydroxyl groups is 1. The van der Waals surface area contributed by atoms with Gasteiger partial charge in [0.05, 0.1) is 17.2 Å². The molecule has 0 atom stereocenters. The molecule has 0 amide bonds. The molecule has 3 rings (SSSR count). The molecule has 3 aromatic rings. The average molecular weight is 359 g/mol. The minimum Gasteiger partial charge on any atom is -0.545 e. The van der Waals surface area contributed by atoms with Crippen molar-refractivity contribution < 1.29 is 15.0 Å². The molecule has 0 aliphatic carbocycles. The Hall–Kier alpha value is -2.67. The summed E-state index contributed by atoms with van der Waals surface area (Å²) < 4.78 is 0.855. The van der Waals surface area contributed by atoms with E-state index in [4.69, 9.17) is 0 Å². The van der Waals surface area contributed by atoms with Crippen molar-refractivity contribution in [2.24, 2.45) is 10.2 Å². The van der Waals surface area contributed by atoms with Crippen LogP contribution in [0.3, 0.4) is 0 Å². The predicted octanol–water partition coefficient (Wildman–Crippen LogP) is 3.41. The van der Waals surface area contributed by atoms with Crippen molar-refractivity contribution >= 4 is 44.2 Å². The van der Waals surface area contributed by atoms with E-state index in [2.05, 4.69) is 31.1 Å². The van der Waals surface area contributed by atoms with Crippen LogP contribution in [0.25, 0.3) is 10.9 Å².